The molecule has 1 fully saturated rings. The predicted molar refractivity (Wildman–Crippen MR) is 106 cm³/mol. The maximum Gasteiger partial charge on any atom is 0.384 e. The fraction of sp³-hybridized carbons (Fsp3) is 0.667. The second kappa shape index (κ2) is 9.09. The summed E-state index contributed by atoms with van der Waals surface area (Å²) in [4.78, 5) is 11.6. The minimum atomic E-state index is -1.78. The first-order valence-electron chi connectivity index (χ1n) is 9.71. The normalized spacial score (nSPS) is 26.3. The van der Waals surface area contributed by atoms with E-state index in [1.807, 2.05) is 12.1 Å². The van der Waals surface area contributed by atoms with Crippen molar-refractivity contribution in [2.45, 2.75) is 71.4 Å². The van der Waals surface area contributed by atoms with E-state index in [0.717, 1.165) is 31.4 Å². The van der Waals surface area contributed by atoms with Crippen LogP contribution in [0.4, 0.5) is 0 Å². The average Bonchev–Trinajstić information content (AvgIpc) is 3.18. The molecule has 6 heteroatoms. The van der Waals surface area contributed by atoms with Crippen LogP contribution in [0.25, 0.3) is 0 Å². The van der Waals surface area contributed by atoms with Crippen LogP contribution < -0.4 is 0 Å². The van der Waals surface area contributed by atoms with Crippen LogP contribution in [0.1, 0.15) is 38.9 Å². The number of aliphatic hydroxyl groups is 1. The number of esters is 1. The van der Waals surface area contributed by atoms with Gasteiger partial charge in [-0.3, -0.25) is 0 Å². The van der Waals surface area contributed by atoms with Crippen LogP contribution in [0.3, 0.4) is 0 Å². The van der Waals surface area contributed by atoms with E-state index in [-0.39, 0.29) is 24.0 Å². The van der Waals surface area contributed by atoms with Crippen molar-refractivity contribution in [1.82, 2.24) is 0 Å². The van der Waals surface area contributed by atoms with Crippen LogP contribution in [-0.2, 0) is 20.4 Å². The Labute approximate surface area is 163 Å². The molecule has 1 aliphatic rings. The summed E-state index contributed by atoms with van der Waals surface area (Å²) in [6.07, 6.45) is 4.21. The summed E-state index contributed by atoms with van der Waals surface area (Å²) in [5, 5.41) is 10.9. The Morgan fingerprint density at radius 3 is 2.81 bits per heavy atom. The van der Waals surface area contributed by atoms with E-state index in [1.54, 1.807) is 13.2 Å². The van der Waals surface area contributed by atoms with Gasteiger partial charge in [0, 0.05) is 18.3 Å². The van der Waals surface area contributed by atoms with Gasteiger partial charge in [0.15, 0.2) is 8.32 Å². The molecular weight excluding hydrogens is 360 g/mol. The van der Waals surface area contributed by atoms with Gasteiger partial charge in [-0.05, 0) is 63.4 Å². The zero-order chi connectivity index (χ0) is 20.1. The number of hydrogen-bond acceptors (Lipinski definition) is 5. The van der Waals surface area contributed by atoms with E-state index >= 15 is 0 Å². The smallest absolute Gasteiger partial charge is 0.384 e. The molecule has 1 aromatic heterocycles. The lowest BCUT2D eigenvalue weighted by atomic mass is 9.73. The number of carbonyl (C=O) groups is 1. The lowest BCUT2D eigenvalue weighted by Gasteiger charge is -2.37. The van der Waals surface area contributed by atoms with E-state index in [1.165, 1.54) is 0 Å². The van der Waals surface area contributed by atoms with Gasteiger partial charge >= 0.3 is 5.97 Å². The van der Waals surface area contributed by atoms with Crippen molar-refractivity contribution in [2.75, 3.05) is 6.61 Å². The van der Waals surface area contributed by atoms with E-state index < -0.39 is 20.4 Å². The fourth-order valence-electron chi connectivity index (χ4n) is 3.98. The Bertz CT molecular complexity index is 667. The Hall–Kier alpha value is -1.55. The number of ether oxygens (including phenoxy) is 1. The summed E-state index contributed by atoms with van der Waals surface area (Å²) in [6, 6.07) is 3.86. The molecule has 1 saturated carbocycles. The molecule has 1 N–H and O–H groups in total. The highest BCUT2D eigenvalue weighted by Crippen LogP contribution is 2.49. The summed E-state index contributed by atoms with van der Waals surface area (Å²) in [5.41, 5.74) is -0.139. The molecule has 1 aliphatic carbocycles. The Morgan fingerprint density at radius 1 is 1.48 bits per heavy atom. The number of furan rings is 1. The highest BCUT2D eigenvalue weighted by atomic mass is 28.4. The fourth-order valence-corrected chi connectivity index (χ4v) is 5.16. The van der Waals surface area contributed by atoms with Crippen molar-refractivity contribution >= 4 is 14.3 Å². The van der Waals surface area contributed by atoms with Crippen molar-refractivity contribution in [3.8, 4) is 11.8 Å². The molecule has 27 heavy (non-hydrogen) atoms. The van der Waals surface area contributed by atoms with Gasteiger partial charge in [-0.25, -0.2) is 4.79 Å². The second-order valence-electron chi connectivity index (χ2n) is 8.50. The molecule has 0 amide bonds. The van der Waals surface area contributed by atoms with Crippen molar-refractivity contribution in [2.24, 2.45) is 11.3 Å². The third kappa shape index (κ3) is 6.24. The van der Waals surface area contributed by atoms with E-state index in [9.17, 15) is 9.90 Å². The average molecular weight is 393 g/mol. The van der Waals surface area contributed by atoms with Gasteiger partial charge in [-0.15, -0.1) is 0 Å². The lowest BCUT2D eigenvalue weighted by Crippen LogP contribution is -2.43. The summed E-state index contributed by atoms with van der Waals surface area (Å²) < 4.78 is 16.7. The molecule has 4 atom stereocenters. The van der Waals surface area contributed by atoms with Crippen molar-refractivity contribution < 1.29 is 23.5 Å². The monoisotopic (exact) mass is 392 g/mol. The van der Waals surface area contributed by atoms with Gasteiger partial charge in [0.2, 0.25) is 0 Å². The number of rotatable bonds is 7. The first-order chi connectivity index (χ1) is 12.6. The molecule has 0 aromatic carbocycles. The molecule has 0 spiro atoms. The van der Waals surface area contributed by atoms with Gasteiger partial charge in [-0.2, -0.15) is 0 Å². The van der Waals surface area contributed by atoms with Gasteiger partial charge in [0.1, 0.15) is 11.9 Å². The molecule has 5 nitrogen and oxygen atoms in total. The standard InChI is InChI=1S/C21H32O5Si/c1-6-24-19(23)10-9-17(22)20-18(26-27(3,4)5)12-14-21(20,2)13-11-16-8-7-15-25-16/h7-8,15,17-18,20,22H,6,11-14H2,1-5H3. The quantitative estimate of drug-likeness (QED) is 0.331. The predicted octanol–water partition coefficient (Wildman–Crippen LogP) is 3.78. The van der Waals surface area contributed by atoms with Gasteiger partial charge in [0.05, 0.1) is 19.0 Å². The topological polar surface area (TPSA) is 68.9 Å². The second-order valence-corrected chi connectivity index (χ2v) is 13.0. The first kappa shape index (κ1) is 21.7. The van der Waals surface area contributed by atoms with Crippen molar-refractivity contribution in [1.29, 1.82) is 0 Å². The van der Waals surface area contributed by atoms with Crippen LogP contribution in [0.15, 0.2) is 22.8 Å². The molecule has 0 aliphatic heterocycles. The SMILES string of the molecule is CCOC(=O)C#CC(O)C1C(O[Si](C)(C)C)CCC1(C)CCc1ccco1. The highest BCUT2D eigenvalue weighted by Gasteiger charge is 2.49. The number of aliphatic hydroxyl groups excluding tert-OH is 1. The highest BCUT2D eigenvalue weighted by molar-refractivity contribution is 6.69. The zero-order valence-corrected chi connectivity index (χ0v) is 18.1. The molecular formula is C21H32O5Si. The maximum atomic E-state index is 11.6. The van der Waals surface area contributed by atoms with Crippen LogP contribution in [-0.4, -0.2) is 38.2 Å². The first-order valence-corrected chi connectivity index (χ1v) is 13.1. The van der Waals surface area contributed by atoms with Crippen LogP contribution in [0.2, 0.25) is 19.6 Å². The molecule has 1 heterocycles. The number of carbonyl (C=O) groups excluding carboxylic acids is 1. The molecule has 0 radical (unpaired) electrons. The minimum absolute atomic E-state index is 0.0511. The molecule has 1 aromatic rings. The van der Waals surface area contributed by atoms with Crippen LogP contribution >= 0.6 is 0 Å². The van der Waals surface area contributed by atoms with Crippen molar-refractivity contribution in [3.63, 3.8) is 0 Å². The molecule has 150 valence electrons. The largest absolute Gasteiger partial charge is 0.469 e. The van der Waals surface area contributed by atoms with E-state index in [2.05, 4.69) is 38.4 Å². The molecule has 0 saturated heterocycles. The summed E-state index contributed by atoms with van der Waals surface area (Å²) in [6.45, 7) is 10.6. The Kier molecular flexibility index (Phi) is 7.32. The maximum absolute atomic E-state index is 11.6. The van der Waals surface area contributed by atoms with Gasteiger partial charge in [-0.1, -0.05) is 12.8 Å². The van der Waals surface area contributed by atoms with E-state index in [4.69, 9.17) is 13.6 Å². The molecule has 2 rings (SSSR count). The number of aryl methyl sites for hydroxylation is 1. The third-order valence-electron chi connectivity index (χ3n) is 5.17. The summed E-state index contributed by atoms with van der Waals surface area (Å²) >= 11 is 0. The zero-order valence-electron chi connectivity index (χ0n) is 17.1. The summed E-state index contributed by atoms with van der Waals surface area (Å²) in [5.74, 6) is 5.33. The molecule has 0 bridgehead atoms. The Balaban J connectivity index is 2.19. The van der Waals surface area contributed by atoms with Crippen molar-refractivity contribution in [3.05, 3.63) is 24.2 Å². The minimum Gasteiger partial charge on any atom is -0.469 e. The lowest BCUT2D eigenvalue weighted by molar-refractivity contribution is -0.136. The van der Waals surface area contributed by atoms with Gasteiger partial charge in [0.25, 0.3) is 0 Å². The van der Waals surface area contributed by atoms with E-state index in [0.29, 0.717) is 0 Å². The molecule has 4 unspecified atom stereocenters. The number of hydrogen-bond donors (Lipinski definition) is 1. The summed E-state index contributed by atoms with van der Waals surface area (Å²) in [7, 11) is -1.78. The van der Waals surface area contributed by atoms with Crippen LogP contribution in [0.5, 0.6) is 0 Å². The Morgan fingerprint density at radius 2 is 2.22 bits per heavy atom. The third-order valence-corrected chi connectivity index (χ3v) is 6.18. The van der Waals surface area contributed by atoms with Gasteiger partial charge < -0.3 is 18.7 Å². The van der Waals surface area contributed by atoms with Crippen LogP contribution in [0, 0.1) is 23.2 Å².